The number of benzene rings is 1. The molecule has 0 aliphatic carbocycles. The van der Waals surface area contributed by atoms with Crippen molar-refractivity contribution in [3.8, 4) is 0 Å². The zero-order valence-electron chi connectivity index (χ0n) is 15.4. The van der Waals surface area contributed by atoms with Gasteiger partial charge in [-0.2, -0.15) is 16.9 Å². The Balaban J connectivity index is 1.47. The number of hydrogen-bond acceptors (Lipinski definition) is 5. The van der Waals surface area contributed by atoms with E-state index < -0.39 is 0 Å². The van der Waals surface area contributed by atoms with E-state index in [0.29, 0.717) is 24.2 Å². The lowest BCUT2D eigenvalue weighted by atomic mass is 9.96. The molecule has 2 aliphatic heterocycles. The second-order valence-corrected chi connectivity index (χ2v) is 8.24. The topological polar surface area (TPSA) is 80.1 Å². The number of hydrogen-bond donors (Lipinski definition) is 1. The standard InChI is InChI=1S/C19H23N5O2S/c1-13-2-3-15(19(26)23-6-8-27-9-7-23)10-16(13)22-18(25)14-4-5-24-17(11-14)20-12-21-24/h2-3,10,12,14H,4-9,11H2,1H3,(H,22,25). The number of nitrogens with one attached hydrogen (secondary N) is 1. The number of carbonyl (C=O) groups excluding carboxylic acids is 2. The molecule has 1 unspecified atom stereocenters. The van der Waals surface area contributed by atoms with Crippen molar-refractivity contribution in [3.63, 3.8) is 0 Å². The predicted octanol–water partition coefficient (Wildman–Crippen LogP) is 1.98. The molecule has 0 radical (unpaired) electrons. The SMILES string of the molecule is Cc1ccc(C(=O)N2CCSCC2)cc1NC(=O)C1CCn2ncnc2C1. The molecule has 1 saturated heterocycles. The fourth-order valence-corrected chi connectivity index (χ4v) is 4.43. The Morgan fingerprint density at radius 3 is 2.85 bits per heavy atom. The van der Waals surface area contributed by atoms with Gasteiger partial charge in [0.2, 0.25) is 5.91 Å². The van der Waals surface area contributed by atoms with Gasteiger partial charge in [-0.3, -0.25) is 14.3 Å². The number of anilines is 1. The third-order valence-corrected chi connectivity index (χ3v) is 6.17. The highest BCUT2D eigenvalue weighted by atomic mass is 32.2. The van der Waals surface area contributed by atoms with Crippen molar-refractivity contribution >= 4 is 29.3 Å². The minimum absolute atomic E-state index is 0.0219. The first-order valence-electron chi connectivity index (χ1n) is 9.27. The molecule has 0 saturated carbocycles. The summed E-state index contributed by atoms with van der Waals surface area (Å²) in [7, 11) is 0. The van der Waals surface area contributed by atoms with Gasteiger partial charge in [-0.05, 0) is 31.0 Å². The van der Waals surface area contributed by atoms with Gasteiger partial charge >= 0.3 is 0 Å². The summed E-state index contributed by atoms with van der Waals surface area (Å²) in [5, 5.41) is 7.18. The van der Waals surface area contributed by atoms with Gasteiger partial charge in [0, 0.05) is 54.7 Å². The van der Waals surface area contributed by atoms with Crippen molar-refractivity contribution < 1.29 is 9.59 Å². The Kier molecular flexibility index (Phi) is 5.15. The normalized spacial score (nSPS) is 19.4. The van der Waals surface area contributed by atoms with Crippen molar-refractivity contribution in [2.24, 2.45) is 5.92 Å². The van der Waals surface area contributed by atoms with E-state index in [-0.39, 0.29) is 17.7 Å². The lowest BCUT2D eigenvalue weighted by molar-refractivity contribution is -0.120. The predicted molar refractivity (Wildman–Crippen MR) is 105 cm³/mol. The number of aryl methyl sites for hydroxylation is 2. The molecule has 1 N–H and O–H groups in total. The first-order valence-corrected chi connectivity index (χ1v) is 10.4. The van der Waals surface area contributed by atoms with E-state index >= 15 is 0 Å². The molecule has 1 atom stereocenters. The number of fused-ring (bicyclic) bond motifs is 1. The summed E-state index contributed by atoms with van der Waals surface area (Å²) in [5.41, 5.74) is 2.29. The van der Waals surface area contributed by atoms with Gasteiger partial charge in [-0.15, -0.1) is 0 Å². The van der Waals surface area contributed by atoms with Gasteiger partial charge in [-0.1, -0.05) is 6.07 Å². The largest absolute Gasteiger partial charge is 0.337 e. The molecule has 1 aromatic carbocycles. The van der Waals surface area contributed by atoms with E-state index in [1.807, 2.05) is 46.5 Å². The highest BCUT2D eigenvalue weighted by Gasteiger charge is 2.27. The molecule has 0 bridgehead atoms. The molecule has 2 aromatic rings. The van der Waals surface area contributed by atoms with Crippen LogP contribution >= 0.6 is 11.8 Å². The number of amides is 2. The van der Waals surface area contributed by atoms with Crippen molar-refractivity contribution in [1.82, 2.24) is 19.7 Å². The van der Waals surface area contributed by atoms with Crippen molar-refractivity contribution in [2.45, 2.75) is 26.3 Å². The second kappa shape index (κ2) is 7.72. The summed E-state index contributed by atoms with van der Waals surface area (Å²) in [6, 6.07) is 5.56. The van der Waals surface area contributed by atoms with Crippen LogP contribution in [0.25, 0.3) is 0 Å². The Morgan fingerprint density at radius 1 is 1.22 bits per heavy atom. The molecule has 142 valence electrons. The highest BCUT2D eigenvalue weighted by Crippen LogP contribution is 2.23. The molecule has 7 nitrogen and oxygen atoms in total. The van der Waals surface area contributed by atoms with Crippen molar-refractivity contribution in [3.05, 3.63) is 41.5 Å². The molecular formula is C19H23N5O2S. The van der Waals surface area contributed by atoms with E-state index in [2.05, 4.69) is 15.4 Å². The maximum absolute atomic E-state index is 12.8. The highest BCUT2D eigenvalue weighted by molar-refractivity contribution is 7.99. The van der Waals surface area contributed by atoms with E-state index in [1.165, 1.54) is 6.33 Å². The quantitative estimate of drug-likeness (QED) is 0.874. The van der Waals surface area contributed by atoms with Crippen LogP contribution in [-0.4, -0.2) is 56.1 Å². The number of nitrogens with zero attached hydrogens (tertiary/aromatic N) is 4. The molecule has 3 heterocycles. The molecule has 2 aliphatic rings. The van der Waals surface area contributed by atoms with Crippen LogP contribution in [0.2, 0.25) is 0 Å². The third-order valence-electron chi connectivity index (χ3n) is 5.23. The number of carbonyl (C=O) groups is 2. The van der Waals surface area contributed by atoms with Gasteiger partial charge in [-0.25, -0.2) is 4.98 Å². The minimum Gasteiger partial charge on any atom is -0.337 e. The van der Waals surface area contributed by atoms with Crippen LogP contribution in [0.3, 0.4) is 0 Å². The van der Waals surface area contributed by atoms with E-state index in [4.69, 9.17) is 0 Å². The monoisotopic (exact) mass is 385 g/mol. The number of rotatable bonds is 3. The van der Waals surface area contributed by atoms with Crippen molar-refractivity contribution in [1.29, 1.82) is 0 Å². The maximum Gasteiger partial charge on any atom is 0.253 e. The first kappa shape index (κ1) is 18.0. The summed E-state index contributed by atoms with van der Waals surface area (Å²) in [6.45, 7) is 4.21. The Hall–Kier alpha value is -2.35. The van der Waals surface area contributed by atoms with Gasteiger partial charge in [0.25, 0.3) is 5.91 Å². The molecule has 27 heavy (non-hydrogen) atoms. The van der Waals surface area contributed by atoms with Gasteiger partial charge in [0.1, 0.15) is 12.2 Å². The molecule has 4 rings (SSSR count). The van der Waals surface area contributed by atoms with Gasteiger partial charge < -0.3 is 10.2 Å². The summed E-state index contributed by atoms with van der Waals surface area (Å²) in [4.78, 5) is 31.6. The van der Waals surface area contributed by atoms with E-state index in [1.54, 1.807) is 0 Å². The molecule has 2 amide bonds. The first-order chi connectivity index (χ1) is 13.1. The van der Waals surface area contributed by atoms with E-state index in [0.717, 1.165) is 42.4 Å². The molecule has 1 aromatic heterocycles. The lowest BCUT2D eigenvalue weighted by Crippen LogP contribution is -2.38. The van der Waals surface area contributed by atoms with Crippen LogP contribution in [0.4, 0.5) is 5.69 Å². The summed E-state index contributed by atoms with van der Waals surface area (Å²) >= 11 is 1.87. The average molecular weight is 385 g/mol. The summed E-state index contributed by atoms with van der Waals surface area (Å²) < 4.78 is 1.85. The summed E-state index contributed by atoms with van der Waals surface area (Å²) in [5.74, 6) is 2.70. The zero-order valence-corrected chi connectivity index (χ0v) is 16.2. The second-order valence-electron chi connectivity index (χ2n) is 7.01. The van der Waals surface area contributed by atoms with Crippen LogP contribution in [0.1, 0.15) is 28.2 Å². The van der Waals surface area contributed by atoms with Crippen LogP contribution < -0.4 is 5.32 Å². The smallest absolute Gasteiger partial charge is 0.253 e. The van der Waals surface area contributed by atoms with Crippen LogP contribution in [0, 0.1) is 12.8 Å². The van der Waals surface area contributed by atoms with Crippen LogP contribution in [-0.2, 0) is 17.8 Å². The lowest BCUT2D eigenvalue weighted by Gasteiger charge is -2.27. The van der Waals surface area contributed by atoms with Gasteiger partial charge in [0.05, 0.1) is 0 Å². The van der Waals surface area contributed by atoms with Crippen molar-refractivity contribution in [2.75, 3.05) is 29.9 Å². The molecule has 8 heteroatoms. The maximum atomic E-state index is 12.8. The number of aromatic nitrogens is 3. The van der Waals surface area contributed by atoms with E-state index in [9.17, 15) is 9.59 Å². The third kappa shape index (κ3) is 3.85. The van der Waals surface area contributed by atoms with Gasteiger partial charge in [0.15, 0.2) is 0 Å². The zero-order chi connectivity index (χ0) is 18.8. The Bertz CT molecular complexity index is 860. The molecule has 0 spiro atoms. The molecular weight excluding hydrogens is 362 g/mol. The summed E-state index contributed by atoms with van der Waals surface area (Å²) in [6.07, 6.45) is 2.87. The Labute approximate surface area is 162 Å². The minimum atomic E-state index is -0.125. The average Bonchev–Trinajstić information content (AvgIpc) is 3.17. The Morgan fingerprint density at radius 2 is 2.04 bits per heavy atom. The van der Waals surface area contributed by atoms with Crippen LogP contribution in [0.15, 0.2) is 24.5 Å². The molecule has 1 fully saturated rings. The van der Waals surface area contributed by atoms with Crippen LogP contribution in [0.5, 0.6) is 0 Å². The fraction of sp³-hybridized carbons (Fsp3) is 0.474. The number of thioether (sulfide) groups is 1. The fourth-order valence-electron chi connectivity index (χ4n) is 3.53.